The van der Waals surface area contributed by atoms with E-state index >= 15 is 0 Å². The van der Waals surface area contributed by atoms with E-state index in [1.807, 2.05) is 0 Å². The lowest BCUT2D eigenvalue weighted by Gasteiger charge is -2.10. The third-order valence-electron chi connectivity index (χ3n) is 2.49. The molecule has 0 atom stereocenters. The highest BCUT2D eigenvalue weighted by Crippen LogP contribution is 2.25. The summed E-state index contributed by atoms with van der Waals surface area (Å²) in [6, 6.07) is 4.81. The molecule has 0 aliphatic rings. The smallest absolute Gasteiger partial charge is 0.237 e. The van der Waals surface area contributed by atoms with Crippen molar-refractivity contribution in [3.8, 4) is 11.5 Å². The molecule has 1 aromatic carbocycles. The zero-order valence-corrected chi connectivity index (χ0v) is 12.9. The summed E-state index contributed by atoms with van der Waals surface area (Å²) in [6.45, 7) is 4.10. The SMILES string of the molecule is CCO/C(=N\Cl)c1ccc(OCCOCCOC)cc1O. The van der Waals surface area contributed by atoms with Crippen LogP contribution in [0.4, 0.5) is 0 Å². The molecule has 1 aromatic rings. The maximum Gasteiger partial charge on any atom is 0.237 e. The zero-order chi connectivity index (χ0) is 15.5. The number of halogens is 1. The normalized spacial score (nSPS) is 11.5. The van der Waals surface area contributed by atoms with E-state index in [9.17, 15) is 5.11 Å². The summed E-state index contributed by atoms with van der Waals surface area (Å²) in [4.78, 5) is 0. The van der Waals surface area contributed by atoms with E-state index in [2.05, 4.69) is 4.51 Å². The van der Waals surface area contributed by atoms with Crippen molar-refractivity contribution in [1.82, 2.24) is 0 Å². The minimum Gasteiger partial charge on any atom is -0.507 e. The fourth-order valence-electron chi connectivity index (χ4n) is 1.53. The van der Waals surface area contributed by atoms with E-state index in [1.54, 1.807) is 26.2 Å². The van der Waals surface area contributed by atoms with Gasteiger partial charge < -0.3 is 24.1 Å². The predicted octanol–water partition coefficient (Wildman–Crippen LogP) is 2.37. The Labute approximate surface area is 129 Å². The molecule has 0 aliphatic heterocycles. The number of nitrogens with zero attached hydrogens (tertiary/aromatic N) is 1. The first-order valence-corrected chi connectivity index (χ1v) is 6.91. The molecule has 0 amide bonds. The monoisotopic (exact) mass is 317 g/mol. The van der Waals surface area contributed by atoms with Crippen LogP contribution in [0.25, 0.3) is 0 Å². The largest absolute Gasteiger partial charge is 0.507 e. The molecule has 0 radical (unpaired) electrons. The molecule has 0 fully saturated rings. The van der Waals surface area contributed by atoms with Gasteiger partial charge in [-0.15, -0.1) is 4.51 Å². The minimum atomic E-state index is -0.0133. The van der Waals surface area contributed by atoms with Gasteiger partial charge in [0.2, 0.25) is 5.90 Å². The lowest BCUT2D eigenvalue weighted by Crippen LogP contribution is -2.10. The highest BCUT2D eigenvalue weighted by atomic mass is 35.5. The minimum absolute atomic E-state index is 0.0133. The number of rotatable bonds is 9. The molecule has 0 heterocycles. The molecule has 0 saturated carbocycles. The first-order chi connectivity index (χ1) is 10.2. The lowest BCUT2D eigenvalue weighted by molar-refractivity contribution is 0.0544. The number of phenols is 1. The summed E-state index contributed by atoms with van der Waals surface area (Å²) in [5.41, 5.74) is 0.413. The Morgan fingerprint density at radius 1 is 1.24 bits per heavy atom. The molecule has 6 nitrogen and oxygen atoms in total. The van der Waals surface area contributed by atoms with Gasteiger partial charge in [0.1, 0.15) is 18.1 Å². The second-order valence-corrected chi connectivity index (χ2v) is 4.12. The standard InChI is InChI=1S/C14H20ClNO5/c1-3-20-14(16-15)12-5-4-11(10-13(12)17)21-9-8-19-7-6-18-2/h4-5,10,17H,3,6-9H2,1-2H3/b16-14-. The first-order valence-electron chi connectivity index (χ1n) is 6.57. The van der Waals surface area contributed by atoms with E-state index in [0.29, 0.717) is 44.3 Å². The number of phenolic OH excluding ortho intramolecular Hbond substituents is 1. The number of benzene rings is 1. The topological polar surface area (TPSA) is 69.5 Å². The van der Waals surface area contributed by atoms with Crippen LogP contribution in [0.15, 0.2) is 22.7 Å². The molecule has 0 aromatic heterocycles. The van der Waals surface area contributed by atoms with Crippen LogP contribution in [0.5, 0.6) is 11.5 Å². The van der Waals surface area contributed by atoms with Crippen molar-refractivity contribution >= 4 is 17.7 Å². The Morgan fingerprint density at radius 2 is 2.00 bits per heavy atom. The van der Waals surface area contributed by atoms with Gasteiger partial charge in [0, 0.05) is 25.0 Å². The van der Waals surface area contributed by atoms with Crippen LogP contribution in [-0.2, 0) is 14.2 Å². The van der Waals surface area contributed by atoms with E-state index in [0.717, 1.165) is 0 Å². The van der Waals surface area contributed by atoms with E-state index in [-0.39, 0.29) is 11.6 Å². The fraction of sp³-hybridized carbons (Fsp3) is 0.500. The van der Waals surface area contributed by atoms with E-state index in [4.69, 9.17) is 30.7 Å². The number of methoxy groups -OCH3 is 1. The summed E-state index contributed by atoms with van der Waals surface area (Å²) >= 11 is 5.43. The molecule has 0 saturated heterocycles. The second kappa shape index (κ2) is 10.3. The van der Waals surface area contributed by atoms with E-state index < -0.39 is 0 Å². The van der Waals surface area contributed by atoms with Crippen LogP contribution in [0.1, 0.15) is 12.5 Å². The molecule has 7 heteroatoms. The number of hydrogen-bond acceptors (Lipinski definition) is 6. The molecule has 118 valence electrons. The van der Waals surface area contributed by atoms with Gasteiger partial charge in [-0.25, -0.2) is 0 Å². The summed E-state index contributed by atoms with van der Waals surface area (Å²) in [7, 11) is 1.62. The van der Waals surface area contributed by atoms with E-state index in [1.165, 1.54) is 6.07 Å². The van der Waals surface area contributed by atoms with Gasteiger partial charge in [0.05, 0.1) is 32.0 Å². The van der Waals surface area contributed by atoms with Gasteiger partial charge in [0.25, 0.3) is 0 Å². The van der Waals surface area contributed by atoms with Gasteiger partial charge >= 0.3 is 0 Å². The predicted molar refractivity (Wildman–Crippen MR) is 80.3 cm³/mol. The van der Waals surface area contributed by atoms with Crippen molar-refractivity contribution in [3.63, 3.8) is 0 Å². The summed E-state index contributed by atoms with van der Waals surface area (Å²) < 4.78 is 24.3. The number of hydrogen-bond donors (Lipinski definition) is 1. The first kappa shape index (κ1) is 17.6. The van der Waals surface area contributed by atoms with Crippen LogP contribution in [-0.4, -0.2) is 51.1 Å². The highest BCUT2D eigenvalue weighted by molar-refractivity contribution is 6.21. The molecule has 0 bridgehead atoms. The van der Waals surface area contributed by atoms with Gasteiger partial charge in [-0.1, -0.05) is 0 Å². The number of ether oxygens (including phenoxy) is 4. The summed E-state index contributed by atoms with van der Waals surface area (Å²) in [6.07, 6.45) is 0. The van der Waals surface area contributed by atoms with Crippen molar-refractivity contribution < 1.29 is 24.1 Å². The van der Waals surface area contributed by atoms with Crippen molar-refractivity contribution in [1.29, 1.82) is 0 Å². The second-order valence-electron chi connectivity index (χ2n) is 3.96. The third kappa shape index (κ3) is 6.20. The van der Waals surface area contributed by atoms with Crippen LogP contribution >= 0.6 is 11.8 Å². The maximum atomic E-state index is 9.94. The Balaban J connectivity index is 2.50. The van der Waals surface area contributed by atoms with Crippen LogP contribution in [0, 0.1) is 0 Å². The third-order valence-corrected chi connectivity index (χ3v) is 2.64. The average molecular weight is 318 g/mol. The zero-order valence-electron chi connectivity index (χ0n) is 12.2. The van der Waals surface area contributed by atoms with Gasteiger partial charge in [-0.3, -0.25) is 0 Å². The lowest BCUT2D eigenvalue weighted by atomic mass is 10.2. The quantitative estimate of drug-likeness (QED) is 0.430. The molecule has 0 aliphatic carbocycles. The summed E-state index contributed by atoms with van der Waals surface area (Å²) in [5.74, 6) is 0.684. The van der Waals surface area contributed by atoms with Gasteiger partial charge in [-0.05, 0) is 19.1 Å². The Morgan fingerprint density at radius 3 is 2.62 bits per heavy atom. The van der Waals surface area contributed by atoms with Crippen LogP contribution < -0.4 is 4.74 Å². The van der Waals surface area contributed by atoms with Crippen LogP contribution in [0.3, 0.4) is 0 Å². The van der Waals surface area contributed by atoms with Gasteiger partial charge in [0.15, 0.2) is 0 Å². The van der Waals surface area contributed by atoms with Crippen LogP contribution in [0.2, 0.25) is 0 Å². The average Bonchev–Trinajstić information content (AvgIpc) is 2.49. The van der Waals surface area contributed by atoms with Crippen molar-refractivity contribution in [2.24, 2.45) is 4.51 Å². The number of aromatic hydroxyl groups is 1. The van der Waals surface area contributed by atoms with Crippen molar-refractivity contribution in [2.75, 3.05) is 40.1 Å². The Kier molecular flexibility index (Phi) is 8.57. The highest BCUT2D eigenvalue weighted by Gasteiger charge is 2.11. The molecule has 0 spiro atoms. The maximum absolute atomic E-state index is 9.94. The van der Waals surface area contributed by atoms with Gasteiger partial charge in [-0.2, -0.15) is 0 Å². The van der Waals surface area contributed by atoms with Crippen molar-refractivity contribution in [3.05, 3.63) is 23.8 Å². The molecule has 1 rings (SSSR count). The molecule has 0 unspecified atom stereocenters. The Hall–Kier alpha value is -1.50. The summed E-state index contributed by atoms with van der Waals surface area (Å²) in [5, 5.41) is 9.94. The molecule has 1 N–H and O–H groups in total. The molecular weight excluding hydrogens is 298 g/mol. The molecule has 21 heavy (non-hydrogen) atoms. The fourth-order valence-corrected chi connectivity index (χ4v) is 1.67. The molecular formula is C14H20ClNO5. The Bertz CT molecular complexity index is 453. The van der Waals surface area contributed by atoms with Crippen molar-refractivity contribution in [2.45, 2.75) is 6.92 Å².